The molecule has 1 heterocycles. The molecule has 1 aliphatic rings. The minimum absolute atomic E-state index is 0.111. The topological polar surface area (TPSA) is 70.9 Å². The van der Waals surface area contributed by atoms with E-state index in [0.717, 1.165) is 36.8 Å². The van der Waals surface area contributed by atoms with E-state index < -0.39 is 0 Å². The molecule has 0 bridgehead atoms. The molecule has 106 valence electrons. The number of halogens is 1. The summed E-state index contributed by atoms with van der Waals surface area (Å²) in [5, 5.41) is 5.58. The van der Waals surface area contributed by atoms with Gasteiger partial charge in [0.05, 0.1) is 10.7 Å². The Morgan fingerprint density at radius 1 is 1.25 bits per heavy atom. The van der Waals surface area contributed by atoms with Gasteiger partial charge in [-0.15, -0.1) is 0 Å². The van der Waals surface area contributed by atoms with Gasteiger partial charge in [0.25, 0.3) is 5.56 Å². The lowest BCUT2D eigenvalue weighted by Crippen LogP contribution is -2.32. The Morgan fingerprint density at radius 3 is 2.75 bits per heavy atom. The van der Waals surface area contributed by atoms with Gasteiger partial charge >= 0.3 is 0 Å². The normalized spacial score (nSPS) is 22.9. The summed E-state index contributed by atoms with van der Waals surface area (Å²) >= 11 is 6.28. The molecule has 2 aromatic rings. The van der Waals surface area contributed by atoms with Crippen LogP contribution in [-0.4, -0.2) is 17.1 Å². The van der Waals surface area contributed by atoms with Crippen LogP contribution in [0.25, 0.3) is 10.8 Å². The highest BCUT2D eigenvalue weighted by Gasteiger charge is 2.19. The van der Waals surface area contributed by atoms with Gasteiger partial charge in [0, 0.05) is 23.7 Å². The molecule has 0 aliphatic heterocycles. The fourth-order valence-electron chi connectivity index (χ4n) is 2.80. The van der Waals surface area contributed by atoms with Gasteiger partial charge in [-0.1, -0.05) is 11.6 Å². The Labute approximate surface area is 122 Å². The molecule has 0 atom stereocenters. The molecule has 0 spiro atoms. The third-order valence-electron chi connectivity index (χ3n) is 3.99. The van der Waals surface area contributed by atoms with Crippen molar-refractivity contribution >= 4 is 28.1 Å². The number of nitrogens with two attached hydrogens (primary N) is 1. The number of hydrogen-bond acceptors (Lipinski definition) is 3. The zero-order valence-electron chi connectivity index (χ0n) is 11.2. The summed E-state index contributed by atoms with van der Waals surface area (Å²) in [4.78, 5) is 14.4. The van der Waals surface area contributed by atoms with Crippen LogP contribution in [0.2, 0.25) is 5.02 Å². The molecule has 1 aromatic heterocycles. The second-order valence-electron chi connectivity index (χ2n) is 5.48. The van der Waals surface area contributed by atoms with Gasteiger partial charge in [0.1, 0.15) is 0 Å². The van der Waals surface area contributed by atoms with Crippen LogP contribution in [0.3, 0.4) is 0 Å². The summed E-state index contributed by atoms with van der Waals surface area (Å²) in [7, 11) is 0. The molecule has 1 aromatic carbocycles. The summed E-state index contributed by atoms with van der Waals surface area (Å²) in [5.74, 6) is 0. The Kier molecular flexibility index (Phi) is 3.68. The van der Waals surface area contributed by atoms with E-state index in [-0.39, 0.29) is 5.56 Å². The molecule has 1 aliphatic carbocycles. The van der Waals surface area contributed by atoms with Crippen LogP contribution in [0.4, 0.5) is 5.69 Å². The first-order valence-electron chi connectivity index (χ1n) is 6.96. The SMILES string of the molecule is N[C@H]1CC[C@@H](Nc2cc3cc[nH]c(=O)c3cc2Cl)CC1. The van der Waals surface area contributed by atoms with Crippen molar-refractivity contribution in [2.24, 2.45) is 5.73 Å². The van der Waals surface area contributed by atoms with E-state index in [1.165, 1.54) is 0 Å². The highest BCUT2D eigenvalue weighted by Crippen LogP contribution is 2.29. The third-order valence-corrected chi connectivity index (χ3v) is 4.31. The van der Waals surface area contributed by atoms with Crippen LogP contribution in [0.5, 0.6) is 0 Å². The number of H-pyrrole nitrogens is 1. The predicted octanol–water partition coefficient (Wildman–Crippen LogP) is 2.86. The van der Waals surface area contributed by atoms with Crippen molar-refractivity contribution in [3.05, 3.63) is 39.8 Å². The minimum atomic E-state index is -0.111. The lowest BCUT2D eigenvalue weighted by atomic mass is 9.91. The van der Waals surface area contributed by atoms with Crippen molar-refractivity contribution in [1.29, 1.82) is 0 Å². The summed E-state index contributed by atoms with van der Waals surface area (Å²) < 4.78 is 0. The first-order valence-corrected chi connectivity index (χ1v) is 7.34. The number of fused-ring (bicyclic) bond motifs is 1. The van der Waals surface area contributed by atoms with Crippen molar-refractivity contribution in [1.82, 2.24) is 4.98 Å². The average molecular weight is 292 g/mol. The largest absolute Gasteiger partial charge is 0.381 e. The minimum Gasteiger partial charge on any atom is -0.381 e. The maximum atomic E-state index is 11.7. The smallest absolute Gasteiger partial charge is 0.255 e. The van der Waals surface area contributed by atoms with Crippen molar-refractivity contribution in [2.45, 2.75) is 37.8 Å². The van der Waals surface area contributed by atoms with E-state index in [2.05, 4.69) is 10.3 Å². The maximum absolute atomic E-state index is 11.7. The van der Waals surface area contributed by atoms with Crippen LogP contribution in [0, 0.1) is 0 Å². The molecule has 0 saturated heterocycles. The summed E-state index contributed by atoms with van der Waals surface area (Å²) in [6.07, 6.45) is 5.86. The van der Waals surface area contributed by atoms with Crippen LogP contribution in [0.1, 0.15) is 25.7 Å². The molecule has 1 fully saturated rings. The summed E-state index contributed by atoms with van der Waals surface area (Å²) in [5.41, 5.74) is 6.70. The Hall–Kier alpha value is -1.52. The molecule has 5 heteroatoms. The highest BCUT2D eigenvalue weighted by atomic mass is 35.5. The van der Waals surface area contributed by atoms with E-state index >= 15 is 0 Å². The quantitative estimate of drug-likeness (QED) is 0.797. The number of pyridine rings is 1. The van der Waals surface area contributed by atoms with E-state index in [0.29, 0.717) is 22.5 Å². The van der Waals surface area contributed by atoms with E-state index in [4.69, 9.17) is 17.3 Å². The lowest BCUT2D eigenvalue weighted by Gasteiger charge is -2.28. The molecular formula is C15H18ClN3O. The van der Waals surface area contributed by atoms with Crippen LogP contribution in [0.15, 0.2) is 29.2 Å². The molecule has 3 rings (SSSR count). The monoisotopic (exact) mass is 291 g/mol. The standard InChI is InChI=1S/C15H18ClN3O/c16-13-8-12-9(5-6-18-15(12)20)7-14(13)19-11-3-1-10(17)2-4-11/h5-8,10-11,19H,1-4,17H2,(H,18,20)/t10-,11+. The van der Waals surface area contributed by atoms with Gasteiger partial charge < -0.3 is 16.0 Å². The molecule has 0 radical (unpaired) electrons. The fourth-order valence-corrected chi connectivity index (χ4v) is 3.02. The second-order valence-corrected chi connectivity index (χ2v) is 5.89. The molecule has 0 amide bonds. The molecule has 4 N–H and O–H groups in total. The van der Waals surface area contributed by atoms with Gasteiger partial charge in [-0.3, -0.25) is 4.79 Å². The van der Waals surface area contributed by atoms with E-state index in [1.54, 1.807) is 12.3 Å². The third kappa shape index (κ3) is 2.67. The Balaban J connectivity index is 1.88. The first kappa shape index (κ1) is 13.5. The Bertz CT molecular complexity index is 674. The van der Waals surface area contributed by atoms with Crippen molar-refractivity contribution in [2.75, 3.05) is 5.32 Å². The van der Waals surface area contributed by atoms with E-state index in [9.17, 15) is 4.79 Å². The Morgan fingerprint density at radius 2 is 2.00 bits per heavy atom. The number of aromatic nitrogens is 1. The molecule has 20 heavy (non-hydrogen) atoms. The van der Waals surface area contributed by atoms with Gasteiger partial charge in [0.15, 0.2) is 0 Å². The second kappa shape index (κ2) is 5.46. The van der Waals surface area contributed by atoms with Crippen molar-refractivity contribution in [3.8, 4) is 0 Å². The number of benzene rings is 1. The predicted molar refractivity (Wildman–Crippen MR) is 83.4 cm³/mol. The lowest BCUT2D eigenvalue weighted by molar-refractivity contribution is 0.411. The average Bonchev–Trinajstić information content (AvgIpc) is 2.43. The maximum Gasteiger partial charge on any atom is 0.255 e. The number of rotatable bonds is 2. The van der Waals surface area contributed by atoms with Crippen LogP contribution >= 0.6 is 11.6 Å². The zero-order chi connectivity index (χ0) is 14.1. The summed E-state index contributed by atoms with van der Waals surface area (Å²) in [6.45, 7) is 0. The molecular weight excluding hydrogens is 274 g/mol. The summed E-state index contributed by atoms with van der Waals surface area (Å²) in [6, 6.07) is 6.30. The highest BCUT2D eigenvalue weighted by molar-refractivity contribution is 6.34. The zero-order valence-corrected chi connectivity index (χ0v) is 11.9. The molecule has 0 unspecified atom stereocenters. The first-order chi connectivity index (χ1) is 9.63. The molecule has 1 saturated carbocycles. The van der Waals surface area contributed by atoms with Gasteiger partial charge in [-0.2, -0.15) is 0 Å². The van der Waals surface area contributed by atoms with Crippen LogP contribution in [-0.2, 0) is 0 Å². The number of nitrogens with one attached hydrogen (secondary N) is 2. The van der Waals surface area contributed by atoms with Crippen molar-refractivity contribution < 1.29 is 0 Å². The number of hydrogen-bond donors (Lipinski definition) is 3. The van der Waals surface area contributed by atoms with Gasteiger partial charge in [-0.05, 0) is 49.3 Å². The fraction of sp³-hybridized carbons (Fsp3) is 0.400. The number of aromatic amines is 1. The van der Waals surface area contributed by atoms with Crippen LogP contribution < -0.4 is 16.6 Å². The van der Waals surface area contributed by atoms with Crippen molar-refractivity contribution in [3.63, 3.8) is 0 Å². The van der Waals surface area contributed by atoms with E-state index in [1.807, 2.05) is 12.1 Å². The van der Waals surface area contributed by atoms with Gasteiger partial charge in [-0.25, -0.2) is 0 Å². The molecule has 4 nitrogen and oxygen atoms in total. The number of anilines is 1. The van der Waals surface area contributed by atoms with Gasteiger partial charge in [0.2, 0.25) is 0 Å².